The quantitative estimate of drug-likeness (QED) is 0.0204. The molecule has 516 valence electrons. The standard InChI is InChI=1S/C73H141NO13/c1-3-5-7-9-11-13-15-17-19-21-23-25-27-29-31-33-35-37-39-41-43-45-47-49-51-53-55-57-65(78)74-61(60-84-72-70(83)68(81)71(64(59-76)86-72)87-73-69(82)67(80)66(79)63(58-75)85-73)62(77)56-54-52-50-48-46-44-42-40-38-36-34-32-30-28-26-24-22-20-18-16-14-12-10-8-6-4-2/h54,56,61-64,66-73,75-77,79-83H,3-53,55,57-60H2,1-2H3,(H,74,78)/b56-54+. The number of aliphatic hydroxyl groups is 8. The summed E-state index contributed by atoms with van der Waals surface area (Å²) in [5, 5.41) is 87.6. The SMILES string of the molecule is CCCCCCCCCCCCCCCCCCCCCCCCCC/C=C/C(O)C(COC1OC(CO)C(OC2OC(CO)C(O)C(O)C2O)C(O)C1O)NC(=O)CCCCCCCCCCCCCCCCCCCCCCCCCCCCC. The van der Waals surface area contributed by atoms with Crippen LogP contribution in [-0.4, -0.2) is 140 Å². The van der Waals surface area contributed by atoms with E-state index in [0.29, 0.717) is 0 Å². The molecule has 2 aliphatic rings. The molecule has 0 saturated carbocycles. The maximum absolute atomic E-state index is 13.4. The van der Waals surface area contributed by atoms with Crippen molar-refractivity contribution in [3.05, 3.63) is 12.2 Å². The topological polar surface area (TPSA) is 228 Å². The molecule has 2 fully saturated rings. The smallest absolute Gasteiger partial charge is 0.220 e. The Hall–Kier alpha value is -1.27. The summed E-state index contributed by atoms with van der Waals surface area (Å²) in [6, 6.07) is -0.912. The number of carbonyl (C=O) groups excluding carboxylic acids is 1. The normalized spacial score (nSPS) is 23.2. The van der Waals surface area contributed by atoms with E-state index in [1.807, 2.05) is 6.08 Å². The minimum absolute atomic E-state index is 0.230. The molecule has 0 bridgehead atoms. The number of aliphatic hydroxyl groups excluding tert-OH is 8. The Bertz CT molecular complexity index is 1510. The van der Waals surface area contributed by atoms with Crippen molar-refractivity contribution in [1.82, 2.24) is 5.32 Å². The lowest BCUT2D eigenvalue weighted by Crippen LogP contribution is -2.65. The van der Waals surface area contributed by atoms with Crippen LogP contribution in [0.2, 0.25) is 0 Å². The highest BCUT2D eigenvalue weighted by Crippen LogP contribution is 2.30. The van der Waals surface area contributed by atoms with Gasteiger partial charge in [-0.1, -0.05) is 341 Å². The van der Waals surface area contributed by atoms with E-state index in [1.165, 1.54) is 289 Å². The Kier molecular flexibility index (Phi) is 55.1. The van der Waals surface area contributed by atoms with Gasteiger partial charge in [-0.05, 0) is 19.3 Å². The third-order valence-electron chi connectivity index (χ3n) is 18.7. The first-order valence-corrected chi connectivity index (χ1v) is 37.4. The molecule has 0 radical (unpaired) electrons. The summed E-state index contributed by atoms with van der Waals surface area (Å²) in [7, 11) is 0. The summed E-state index contributed by atoms with van der Waals surface area (Å²) in [4.78, 5) is 13.4. The number of nitrogens with one attached hydrogen (secondary N) is 1. The summed E-state index contributed by atoms with van der Waals surface area (Å²) >= 11 is 0. The molecular weight excluding hydrogens is 1100 g/mol. The second-order valence-electron chi connectivity index (χ2n) is 26.8. The maximum atomic E-state index is 13.4. The van der Waals surface area contributed by atoms with Gasteiger partial charge in [0.05, 0.1) is 32.0 Å². The third kappa shape index (κ3) is 42.6. The zero-order valence-electron chi connectivity index (χ0n) is 56.3. The molecule has 87 heavy (non-hydrogen) atoms. The Morgan fingerprint density at radius 1 is 0.402 bits per heavy atom. The van der Waals surface area contributed by atoms with Crippen LogP contribution in [0.5, 0.6) is 0 Å². The fourth-order valence-electron chi connectivity index (χ4n) is 12.8. The largest absolute Gasteiger partial charge is 0.394 e. The van der Waals surface area contributed by atoms with E-state index in [9.17, 15) is 45.6 Å². The van der Waals surface area contributed by atoms with Crippen molar-refractivity contribution in [2.75, 3.05) is 19.8 Å². The van der Waals surface area contributed by atoms with Crippen molar-refractivity contribution in [3.63, 3.8) is 0 Å². The van der Waals surface area contributed by atoms with Crippen molar-refractivity contribution >= 4 is 5.91 Å². The Balaban J connectivity index is 1.65. The predicted octanol–water partition coefficient (Wildman–Crippen LogP) is 15.7. The van der Waals surface area contributed by atoms with Gasteiger partial charge in [0.2, 0.25) is 5.91 Å². The lowest BCUT2D eigenvalue weighted by molar-refractivity contribution is -0.359. The lowest BCUT2D eigenvalue weighted by atomic mass is 9.97. The zero-order valence-corrected chi connectivity index (χ0v) is 56.3. The van der Waals surface area contributed by atoms with Crippen molar-refractivity contribution in [3.8, 4) is 0 Å². The van der Waals surface area contributed by atoms with Crippen LogP contribution in [0.25, 0.3) is 0 Å². The van der Waals surface area contributed by atoms with Gasteiger partial charge in [-0.25, -0.2) is 0 Å². The van der Waals surface area contributed by atoms with Gasteiger partial charge < -0.3 is 65.1 Å². The Morgan fingerprint density at radius 2 is 0.713 bits per heavy atom. The van der Waals surface area contributed by atoms with E-state index in [-0.39, 0.29) is 18.9 Å². The molecule has 2 rings (SSSR count). The van der Waals surface area contributed by atoms with Gasteiger partial charge in [0.25, 0.3) is 0 Å². The van der Waals surface area contributed by atoms with Gasteiger partial charge in [0, 0.05) is 6.42 Å². The second kappa shape index (κ2) is 58.5. The zero-order chi connectivity index (χ0) is 63.1. The van der Waals surface area contributed by atoms with E-state index >= 15 is 0 Å². The number of amides is 1. The number of allylic oxidation sites excluding steroid dienone is 1. The average Bonchev–Trinajstić information content (AvgIpc) is 1.63. The molecule has 12 atom stereocenters. The summed E-state index contributed by atoms with van der Waals surface area (Å²) < 4.78 is 22.9. The third-order valence-corrected chi connectivity index (χ3v) is 18.7. The van der Waals surface area contributed by atoms with Gasteiger partial charge in [-0.2, -0.15) is 0 Å². The van der Waals surface area contributed by atoms with Crippen LogP contribution in [-0.2, 0) is 23.7 Å². The fraction of sp³-hybridized carbons (Fsp3) is 0.959. The first-order valence-electron chi connectivity index (χ1n) is 37.4. The number of carbonyl (C=O) groups is 1. The highest BCUT2D eigenvalue weighted by Gasteiger charge is 2.51. The first-order chi connectivity index (χ1) is 42.6. The molecule has 14 nitrogen and oxygen atoms in total. The lowest BCUT2D eigenvalue weighted by Gasteiger charge is -2.46. The molecular formula is C73H141NO13. The number of hydrogen-bond acceptors (Lipinski definition) is 13. The fourth-order valence-corrected chi connectivity index (χ4v) is 12.8. The van der Waals surface area contributed by atoms with Crippen LogP contribution in [0, 0.1) is 0 Å². The van der Waals surface area contributed by atoms with Gasteiger partial charge >= 0.3 is 0 Å². The van der Waals surface area contributed by atoms with Crippen molar-refractivity contribution in [1.29, 1.82) is 0 Å². The van der Waals surface area contributed by atoms with E-state index in [0.717, 1.165) is 44.9 Å². The van der Waals surface area contributed by atoms with Crippen LogP contribution < -0.4 is 5.32 Å². The van der Waals surface area contributed by atoms with Crippen LogP contribution in [0.4, 0.5) is 0 Å². The predicted molar refractivity (Wildman–Crippen MR) is 355 cm³/mol. The van der Waals surface area contributed by atoms with E-state index in [4.69, 9.17) is 18.9 Å². The van der Waals surface area contributed by atoms with E-state index in [2.05, 4.69) is 19.2 Å². The van der Waals surface area contributed by atoms with Crippen molar-refractivity contribution in [2.24, 2.45) is 0 Å². The number of rotatable bonds is 63. The van der Waals surface area contributed by atoms with Crippen LogP contribution in [0.3, 0.4) is 0 Å². The van der Waals surface area contributed by atoms with Crippen molar-refractivity contribution < 1.29 is 64.6 Å². The number of hydrogen-bond donors (Lipinski definition) is 9. The molecule has 0 aromatic carbocycles. The van der Waals surface area contributed by atoms with E-state index < -0.39 is 86.8 Å². The molecule has 1 amide bonds. The molecule has 2 heterocycles. The molecule has 0 aromatic heterocycles. The Morgan fingerprint density at radius 3 is 1.06 bits per heavy atom. The molecule has 9 N–H and O–H groups in total. The summed E-state index contributed by atoms with van der Waals surface area (Å²) in [5.74, 6) is -0.230. The Labute approximate surface area is 533 Å². The highest BCUT2D eigenvalue weighted by molar-refractivity contribution is 5.76. The van der Waals surface area contributed by atoms with Crippen LogP contribution >= 0.6 is 0 Å². The van der Waals surface area contributed by atoms with Crippen LogP contribution in [0.1, 0.15) is 354 Å². The molecule has 0 aliphatic carbocycles. The molecule has 12 unspecified atom stereocenters. The number of ether oxygens (including phenoxy) is 4. The minimum atomic E-state index is -1.79. The average molecular weight is 1240 g/mol. The molecule has 14 heteroatoms. The minimum Gasteiger partial charge on any atom is -0.394 e. The monoisotopic (exact) mass is 1240 g/mol. The van der Waals surface area contributed by atoms with Gasteiger partial charge in [-0.15, -0.1) is 0 Å². The second-order valence-corrected chi connectivity index (χ2v) is 26.8. The maximum Gasteiger partial charge on any atom is 0.220 e. The van der Waals surface area contributed by atoms with Gasteiger partial charge in [0.15, 0.2) is 12.6 Å². The van der Waals surface area contributed by atoms with Crippen LogP contribution in [0.15, 0.2) is 12.2 Å². The number of unbranched alkanes of at least 4 members (excludes halogenated alkanes) is 50. The summed E-state index contributed by atoms with van der Waals surface area (Å²) in [6.07, 6.45) is 55.6. The first kappa shape index (κ1) is 81.8. The summed E-state index contributed by atoms with van der Waals surface area (Å²) in [5.41, 5.74) is 0. The molecule has 2 aliphatic heterocycles. The van der Waals surface area contributed by atoms with Gasteiger partial charge in [-0.3, -0.25) is 4.79 Å². The molecule has 0 aromatic rings. The summed E-state index contributed by atoms with van der Waals surface area (Å²) in [6.45, 7) is 2.87. The van der Waals surface area contributed by atoms with E-state index in [1.54, 1.807) is 6.08 Å². The molecule has 2 saturated heterocycles. The highest BCUT2D eigenvalue weighted by atomic mass is 16.7. The van der Waals surface area contributed by atoms with Gasteiger partial charge in [0.1, 0.15) is 48.8 Å². The van der Waals surface area contributed by atoms with Crippen molar-refractivity contribution in [2.45, 2.75) is 428 Å². The molecule has 0 spiro atoms.